The van der Waals surface area contributed by atoms with Crippen LogP contribution in [0.15, 0.2) is 48.5 Å². The number of esters is 1. The average molecular weight is 365 g/mol. The normalized spacial score (nSPS) is 13.1. The second kappa shape index (κ2) is 9.42. The molecule has 0 amide bonds. The van der Waals surface area contributed by atoms with Gasteiger partial charge in [0.05, 0.1) is 11.6 Å². The van der Waals surface area contributed by atoms with Crippen molar-refractivity contribution in [3.63, 3.8) is 0 Å². The second-order valence-electron chi connectivity index (χ2n) is 5.31. The molecular weight excluding hydrogens is 344 g/mol. The number of aliphatic hydroxyl groups is 1. The van der Waals surface area contributed by atoms with Gasteiger partial charge in [-0.3, -0.25) is 0 Å². The molecule has 2 unspecified atom stereocenters. The van der Waals surface area contributed by atoms with Gasteiger partial charge in [-0.05, 0) is 24.6 Å². The molecule has 6 heteroatoms. The van der Waals surface area contributed by atoms with Crippen molar-refractivity contribution in [3.8, 4) is 5.75 Å². The zero-order chi connectivity index (χ0) is 18.2. The van der Waals surface area contributed by atoms with Gasteiger partial charge in [-0.1, -0.05) is 48.0 Å². The average Bonchev–Trinajstić information content (AvgIpc) is 2.61. The first-order chi connectivity index (χ1) is 12.1. The predicted octanol–water partition coefficient (Wildman–Crippen LogP) is 3.53. The summed E-state index contributed by atoms with van der Waals surface area (Å²) in [6.07, 6.45) is -2.38. The summed E-state index contributed by atoms with van der Waals surface area (Å²) in [5, 5.41) is 10.7. The maximum Gasteiger partial charge on any atom is 0.338 e. The minimum absolute atomic E-state index is 0.200. The number of carbonyl (C=O) groups is 1. The van der Waals surface area contributed by atoms with E-state index >= 15 is 0 Å². The van der Waals surface area contributed by atoms with Crippen LogP contribution in [0.2, 0.25) is 5.02 Å². The largest absolute Gasteiger partial charge is 0.489 e. The lowest BCUT2D eigenvalue weighted by Crippen LogP contribution is -2.32. The molecule has 0 saturated carbocycles. The van der Waals surface area contributed by atoms with Gasteiger partial charge in [0.25, 0.3) is 0 Å². The van der Waals surface area contributed by atoms with Gasteiger partial charge in [0.2, 0.25) is 0 Å². The molecule has 5 nitrogen and oxygen atoms in total. The molecule has 2 atom stereocenters. The van der Waals surface area contributed by atoms with Gasteiger partial charge in [-0.25, -0.2) is 4.79 Å². The highest BCUT2D eigenvalue weighted by atomic mass is 35.5. The monoisotopic (exact) mass is 364 g/mol. The van der Waals surface area contributed by atoms with E-state index in [0.717, 1.165) is 5.56 Å². The Hall–Kier alpha value is -2.08. The molecule has 134 valence electrons. The minimum Gasteiger partial charge on any atom is -0.489 e. The molecule has 0 spiro atoms. The topological polar surface area (TPSA) is 65.0 Å². The minimum atomic E-state index is -1.24. The third-order valence-electron chi connectivity index (χ3n) is 3.60. The van der Waals surface area contributed by atoms with Crippen molar-refractivity contribution in [2.75, 3.05) is 13.7 Å². The Morgan fingerprint density at radius 1 is 1.20 bits per heavy atom. The van der Waals surface area contributed by atoms with Crippen LogP contribution in [0.5, 0.6) is 5.75 Å². The molecule has 0 aromatic heterocycles. The first-order valence-corrected chi connectivity index (χ1v) is 8.28. The number of carbonyl (C=O) groups excluding carboxylic acids is 1. The lowest BCUT2D eigenvalue weighted by molar-refractivity contribution is -0.162. The van der Waals surface area contributed by atoms with Crippen LogP contribution in [0.25, 0.3) is 0 Å². The Morgan fingerprint density at radius 3 is 2.52 bits per heavy atom. The van der Waals surface area contributed by atoms with Gasteiger partial charge in [0.1, 0.15) is 18.5 Å². The van der Waals surface area contributed by atoms with Crippen molar-refractivity contribution in [1.82, 2.24) is 0 Å². The van der Waals surface area contributed by atoms with E-state index in [0.29, 0.717) is 17.9 Å². The van der Waals surface area contributed by atoms with Crippen LogP contribution in [-0.4, -0.2) is 30.9 Å². The predicted molar refractivity (Wildman–Crippen MR) is 94.6 cm³/mol. The van der Waals surface area contributed by atoms with Crippen LogP contribution in [0.1, 0.15) is 24.2 Å². The van der Waals surface area contributed by atoms with E-state index in [1.54, 1.807) is 25.1 Å². The van der Waals surface area contributed by atoms with Crippen LogP contribution in [0.4, 0.5) is 0 Å². The zero-order valence-corrected chi connectivity index (χ0v) is 14.9. The number of methoxy groups -OCH3 is 1. The molecule has 0 heterocycles. The van der Waals surface area contributed by atoms with Gasteiger partial charge in [0, 0.05) is 12.7 Å². The van der Waals surface area contributed by atoms with Crippen LogP contribution in [0, 0.1) is 0 Å². The zero-order valence-electron chi connectivity index (χ0n) is 14.1. The Kier molecular flexibility index (Phi) is 7.25. The van der Waals surface area contributed by atoms with Gasteiger partial charge in [-0.15, -0.1) is 0 Å². The SMILES string of the molecule is CCOC(=O)C(OC)C(O)c1ccc(OCc2ccccc2)cc1Cl. The fraction of sp³-hybridized carbons (Fsp3) is 0.316. The van der Waals surface area contributed by atoms with Crippen LogP contribution in [-0.2, 0) is 20.9 Å². The van der Waals surface area contributed by atoms with E-state index in [9.17, 15) is 9.90 Å². The fourth-order valence-electron chi connectivity index (χ4n) is 2.32. The summed E-state index contributed by atoms with van der Waals surface area (Å²) < 4.78 is 15.6. The van der Waals surface area contributed by atoms with Crippen molar-refractivity contribution in [1.29, 1.82) is 0 Å². The van der Waals surface area contributed by atoms with Crippen molar-refractivity contribution in [2.45, 2.75) is 25.7 Å². The van der Waals surface area contributed by atoms with Crippen LogP contribution in [0.3, 0.4) is 0 Å². The Balaban J connectivity index is 2.08. The molecule has 0 aliphatic heterocycles. The molecule has 1 N–H and O–H groups in total. The summed E-state index contributed by atoms with van der Waals surface area (Å²) in [6, 6.07) is 14.6. The van der Waals surface area contributed by atoms with E-state index in [1.165, 1.54) is 7.11 Å². The molecule has 2 aromatic carbocycles. The van der Waals surface area contributed by atoms with Crippen molar-refractivity contribution >= 4 is 17.6 Å². The van der Waals surface area contributed by atoms with E-state index in [2.05, 4.69) is 0 Å². The van der Waals surface area contributed by atoms with Crippen LogP contribution >= 0.6 is 11.6 Å². The standard InChI is InChI=1S/C19H21ClO5/c1-3-24-19(22)18(23-2)17(21)15-10-9-14(11-16(15)20)25-12-13-7-5-4-6-8-13/h4-11,17-18,21H,3,12H2,1-2H3. The first-order valence-electron chi connectivity index (χ1n) is 7.90. The number of hydrogen-bond donors (Lipinski definition) is 1. The molecule has 0 aliphatic rings. The Bertz CT molecular complexity index is 689. The molecule has 25 heavy (non-hydrogen) atoms. The molecule has 0 fully saturated rings. The molecule has 0 bridgehead atoms. The lowest BCUT2D eigenvalue weighted by atomic mass is 10.0. The first kappa shape index (κ1) is 19.2. The number of aliphatic hydroxyl groups excluding tert-OH is 1. The summed E-state index contributed by atoms with van der Waals surface area (Å²) >= 11 is 6.24. The highest BCUT2D eigenvalue weighted by Gasteiger charge is 2.30. The van der Waals surface area contributed by atoms with E-state index in [-0.39, 0.29) is 11.6 Å². The maximum atomic E-state index is 11.9. The highest BCUT2D eigenvalue weighted by Crippen LogP contribution is 2.30. The molecular formula is C19H21ClO5. The molecule has 0 aliphatic carbocycles. The van der Waals surface area contributed by atoms with Crippen LogP contribution < -0.4 is 4.74 Å². The van der Waals surface area contributed by atoms with Gasteiger partial charge in [0.15, 0.2) is 6.10 Å². The quantitative estimate of drug-likeness (QED) is 0.726. The van der Waals surface area contributed by atoms with Gasteiger partial charge >= 0.3 is 5.97 Å². The number of halogens is 1. The highest BCUT2D eigenvalue weighted by molar-refractivity contribution is 6.31. The Morgan fingerprint density at radius 2 is 1.92 bits per heavy atom. The second-order valence-corrected chi connectivity index (χ2v) is 5.72. The van der Waals surface area contributed by atoms with Crippen molar-refractivity contribution in [2.24, 2.45) is 0 Å². The van der Waals surface area contributed by atoms with Crippen molar-refractivity contribution in [3.05, 3.63) is 64.7 Å². The lowest BCUT2D eigenvalue weighted by Gasteiger charge is -2.21. The summed E-state index contributed by atoms with van der Waals surface area (Å²) in [6.45, 7) is 2.29. The molecule has 2 rings (SSSR count). The third-order valence-corrected chi connectivity index (χ3v) is 3.93. The van der Waals surface area contributed by atoms with Gasteiger partial charge < -0.3 is 19.3 Å². The van der Waals surface area contributed by atoms with Gasteiger partial charge in [-0.2, -0.15) is 0 Å². The molecule has 2 aromatic rings. The number of ether oxygens (including phenoxy) is 3. The van der Waals surface area contributed by atoms with E-state index in [4.69, 9.17) is 25.8 Å². The smallest absolute Gasteiger partial charge is 0.338 e. The summed E-state index contributed by atoms with van der Waals surface area (Å²) in [7, 11) is 1.33. The molecule has 0 radical (unpaired) electrons. The summed E-state index contributed by atoms with van der Waals surface area (Å²) in [4.78, 5) is 11.9. The van der Waals surface area contributed by atoms with Crippen molar-refractivity contribution < 1.29 is 24.1 Å². The summed E-state index contributed by atoms with van der Waals surface area (Å²) in [5.74, 6) is -0.0760. The Labute approximate surface area is 152 Å². The fourth-order valence-corrected chi connectivity index (χ4v) is 2.60. The third kappa shape index (κ3) is 5.19. The number of hydrogen-bond acceptors (Lipinski definition) is 5. The number of rotatable bonds is 8. The summed E-state index contributed by atoms with van der Waals surface area (Å²) in [5.41, 5.74) is 1.40. The number of benzene rings is 2. The van der Waals surface area contributed by atoms with E-state index < -0.39 is 18.2 Å². The van der Waals surface area contributed by atoms with E-state index in [1.807, 2.05) is 30.3 Å². The maximum absolute atomic E-state index is 11.9. The molecule has 0 saturated heterocycles.